The van der Waals surface area contributed by atoms with Crippen LogP contribution in [-0.4, -0.2) is 54.6 Å². The lowest BCUT2D eigenvalue weighted by atomic mass is 10.2. The lowest BCUT2D eigenvalue weighted by molar-refractivity contribution is -0.135. The Morgan fingerprint density at radius 3 is 2.29 bits per heavy atom. The highest BCUT2D eigenvalue weighted by Crippen LogP contribution is 2.27. The molecule has 1 aliphatic heterocycles. The molecular weight excluding hydrogens is 403 g/mol. The number of carbonyl (C=O) groups is 2. The Balaban J connectivity index is 1.41. The molecule has 1 aliphatic rings. The summed E-state index contributed by atoms with van der Waals surface area (Å²) in [5, 5.41) is 0.852. The van der Waals surface area contributed by atoms with Gasteiger partial charge in [0, 0.05) is 31.2 Å². The fourth-order valence-electron chi connectivity index (χ4n) is 2.77. The van der Waals surface area contributed by atoms with Crippen molar-refractivity contribution in [2.75, 3.05) is 32.8 Å². The van der Waals surface area contributed by atoms with E-state index in [4.69, 9.17) is 32.7 Å². The van der Waals surface area contributed by atoms with Gasteiger partial charge < -0.3 is 19.3 Å². The van der Waals surface area contributed by atoms with Crippen LogP contribution >= 0.6 is 23.2 Å². The van der Waals surface area contributed by atoms with Gasteiger partial charge in [0.2, 0.25) is 0 Å². The molecule has 2 amide bonds. The summed E-state index contributed by atoms with van der Waals surface area (Å²) in [5.74, 6) is 0.242. The van der Waals surface area contributed by atoms with Crippen LogP contribution in [0.2, 0.25) is 10.0 Å². The van der Waals surface area contributed by atoms with Gasteiger partial charge in [-0.05, 0) is 23.8 Å². The van der Waals surface area contributed by atoms with Crippen LogP contribution < -0.4 is 4.74 Å². The topological polar surface area (TPSA) is 59.1 Å². The van der Waals surface area contributed by atoms with Gasteiger partial charge in [0.1, 0.15) is 12.4 Å². The van der Waals surface area contributed by atoms with Gasteiger partial charge in [0.05, 0.1) is 5.02 Å². The van der Waals surface area contributed by atoms with E-state index in [2.05, 4.69) is 0 Å². The third-order valence-electron chi connectivity index (χ3n) is 4.34. The largest absolute Gasteiger partial charge is 0.482 e. The van der Waals surface area contributed by atoms with Crippen molar-refractivity contribution in [2.24, 2.45) is 0 Å². The Bertz CT molecular complexity index is 824. The number of carbonyl (C=O) groups excluding carboxylic acids is 2. The first-order valence-electron chi connectivity index (χ1n) is 8.84. The second kappa shape index (κ2) is 9.66. The number of nitrogens with zero attached hydrogens (tertiary/aromatic N) is 2. The van der Waals surface area contributed by atoms with Gasteiger partial charge >= 0.3 is 6.09 Å². The molecule has 6 nitrogen and oxygen atoms in total. The third kappa shape index (κ3) is 5.53. The van der Waals surface area contributed by atoms with E-state index in [1.54, 1.807) is 28.0 Å². The molecule has 2 aromatic carbocycles. The minimum Gasteiger partial charge on any atom is -0.482 e. The number of benzene rings is 2. The Labute approximate surface area is 173 Å². The molecule has 0 spiro atoms. The van der Waals surface area contributed by atoms with Gasteiger partial charge in [-0.2, -0.15) is 0 Å². The normalized spacial score (nSPS) is 13.9. The van der Waals surface area contributed by atoms with Crippen LogP contribution in [0.25, 0.3) is 0 Å². The zero-order valence-electron chi connectivity index (χ0n) is 15.1. The monoisotopic (exact) mass is 422 g/mol. The molecule has 0 radical (unpaired) electrons. The molecule has 0 unspecified atom stereocenters. The van der Waals surface area contributed by atoms with Crippen molar-refractivity contribution < 1.29 is 19.1 Å². The molecular formula is C20H20Cl2N2O4. The van der Waals surface area contributed by atoms with Crippen LogP contribution in [0.5, 0.6) is 5.75 Å². The van der Waals surface area contributed by atoms with Crippen molar-refractivity contribution in [2.45, 2.75) is 6.61 Å². The maximum atomic E-state index is 12.3. The summed E-state index contributed by atoms with van der Waals surface area (Å²) in [7, 11) is 0. The highest BCUT2D eigenvalue weighted by Gasteiger charge is 2.25. The molecule has 0 saturated carbocycles. The highest BCUT2D eigenvalue weighted by atomic mass is 35.5. The number of rotatable bonds is 5. The molecule has 1 heterocycles. The summed E-state index contributed by atoms with van der Waals surface area (Å²) in [5.41, 5.74) is 0.933. The molecule has 2 aromatic rings. The number of piperazine rings is 1. The van der Waals surface area contributed by atoms with Gasteiger partial charge in [-0.25, -0.2) is 4.79 Å². The van der Waals surface area contributed by atoms with Crippen molar-refractivity contribution in [1.82, 2.24) is 9.80 Å². The van der Waals surface area contributed by atoms with Crippen LogP contribution in [-0.2, 0) is 16.1 Å². The maximum absolute atomic E-state index is 12.3. The van der Waals surface area contributed by atoms with Gasteiger partial charge in [-0.1, -0.05) is 53.5 Å². The highest BCUT2D eigenvalue weighted by molar-refractivity contribution is 6.35. The number of hydrogen-bond acceptors (Lipinski definition) is 4. The minimum atomic E-state index is -0.375. The van der Waals surface area contributed by atoms with Crippen molar-refractivity contribution in [3.63, 3.8) is 0 Å². The maximum Gasteiger partial charge on any atom is 0.410 e. The predicted molar refractivity (Wildman–Crippen MR) is 107 cm³/mol. The Morgan fingerprint density at radius 1 is 0.929 bits per heavy atom. The zero-order chi connectivity index (χ0) is 19.9. The van der Waals surface area contributed by atoms with Gasteiger partial charge in [0.25, 0.3) is 5.91 Å². The first-order valence-corrected chi connectivity index (χ1v) is 9.60. The Morgan fingerprint density at radius 2 is 1.61 bits per heavy atom. The second-order valence-electron chi connectivity index (χ2n) is 6.27. The number of halogens is 2. The van der Waals surface area contributed by atoms with E-state index in [1.807, 2.05) is 30.3 Å². The van der Waals surface area contributed by atoms with Crippen LogP contribution in [0.15, 0.2) is 48.5 Å². The summed E-state index contributed by atoms with van der Waals surface area (Å²) in [4.78, 5) is 27.8. The van der Waals surface area contributed by atoms with E-state index in [9.17, 15) is 9.59 Å². The lowest BCUT2D eigenvalue weighted by Gasteiger charge is -2.34. The standard InChI is InChI=1S/C20H20Cl2N2O4/c21-16-6-7-18(17(22)12-16)27-14-19(25)23-8-10-24(11-9-23)20(26)28-13-15-4-2-1-3-5-15/h1-7,12H,8-11,13-14H2. The quantitative estimate of drug-likeness (QED) is 0.733. The first-order chi connectivity index (χ1) is 13.5. The van der Waals surface area contributed by atoms with Crippen LogP contribution in [0, 0.1) is 0 Å². The summed E-state index contributed by atoms with van der Waals surface area (Å²) in [6.45, 7) is 1.80. The molecule has 0 aliphatic carbocycles. The summed E-state index contributed by atoms with van der Waals surface area (Å²) >= 11 is 11.9. The Kier molecular flexibility index (Phi) is 7.01. The van der Waals surface area contributed by atoms with Crippen molar-refractivity contribution >= 4 is 35.2 Å². The van der Waals surface area contributed by atoms with Gasteiger partial charge in [0.15, 0.2) is 6.61 Å². The SMILES string of the molecule is O=C(COc1ccc(Cl)cc1Cl)N1CCN(C(=O)OCc2ccccc2)CC1. The molecule has 0 bridgehead atoms. The summed E-state index contributed by atoms with van der Waals surface area (Å²) < 4.78 is 10.8. The molecule has 0 N–H and O–H groups in total. The van der Waals surface area contributed by atoms with Crippen LogP contribution in [0.1, 0.15) is 5.56 Å². The molecule has 3 rings (SSSR count). The van der Waals surface area contributed by atoms with Crippen molar-refractivity contribution in [1.29, 1.82) is 0 Å². The molecule has 0 aromatic heterocycles. The van der Waals surface area contributed by atoms with Crippen LogP contribution in [0.4, 0.5) is 4.79 Å². The molecule has 8 heteroatoms. The van der Waals surface area contributed by atoms with E-state index < -0.39 is 0 Å². The fourth-order valence-corrected chi connectivity index (χ4v) is 3.24. The number of ether oxygens (including phenoxy) is 2. The average molecular weight is 423 g/mol. The van der Waals surface area contributed by atoms with Gasteiger partial charge in [-0.15, -0.1) is 0 Å². The lowest BCUT2D eigenvalue weighted by Crippen LogP contribution is -2.51. The van der Waals surface area contributed by atoms with E-state index in [0.29, 0.717) is 42.0 Å². The molecule has 0 atom stereocenters. The Hall–Kier alpha value is -2.44. The van der Waals surface area contributed by atoms with E-state index in [-0.39, 0.29) is 25.2 Å². The van der Waals surface area contributed by atoms with Crippen molar-refractivity contribution in [3.8, 4) is 5.75 Å². The second-order valence-corrected chi connectivity index (χ2v) is 7.12. The zero-order valence-corrected chi connectivity index (χ0v) is 16.7. The van der Waals surface area contributed by atoms with Crippen molar-refractivity contribution in [3.05, 3.63) is 64.1 Å². The molecule has 28 heavy (non-hydrogen) atoms. The predicted octanol–water partition coefficient (Wildman–Crippen LogP) is 3.85. The first kappa shape index (κ1) is 20.3. The van der Waals surface area contributed by atoms with E-state index >= 15 is 0 Å². The number of hydrogen-bond donors (Lipinski definition) is 0. The molecule has 148 valence electrons. The smallest absolute Gasteiger partial charge is 0.410 e. The fraction of sp³-hybridized carbons (Fsp3) is 0.300. The minimum absolute atomic E-state index is 0.125. The summed E-state index contributed by atoms with van der Waals surface area (Å²) in [6.07, 6.45) is -0.375. The van der Waals surface area contributed by atoms with Crippen LogP contribution in [0.3, 0.4) is 0 Å². The third-order valence-corrected chi connectivity index (χ3v) is 4.87. The van der Waals surface area contributed by atoms with Gasteiger partial charge in [-0.3, -0.25) is 4.79 Å². The number of amides is 2. The van der Waals surface area contributed by atoms with E-state index in [0.717, 1.165) is 5.56 Å². The molecule has 1 saturated heterocycles. The summed E-state index contributed by atoms with van der Waals surface area (Å²) in [6, 6.07) is 14.3. The molecule has 1 fully saturated rings. The van der Waals surface area contributed by atoms with E-state index in [1.165, 1.54) is 0 Å². The average Bonchev–Trinajstić information content (AvgIpc) is 2.72.